The number of carbonyl (C=O) groups is 1. The molecular weight excluding hydrogens is 284 g/mol. The van der Waals surface area contributed by atoms with E-state index in [0.717, 1.165) is 18.2 Å². The largest absolute Gasteiger partial charge is 0.471 e. The third-order valence-corrected chi connectivity index (χ3v) is 2.31. The summed E-state index contributed by atoms with van der Waals surface area (Å²) in [5.41, 5.74) is -0.164. The highest BCUT2D eigenvalue weighted by Gasteiger charge is 2.38. The first kappa shape index (κ1) is 15.3. The molecular formula is C11H8F4N2OS. The van der Waals surface area contributed by atoms with Gasteiger partial charge in [0.1, 0.15) is 5.82 Å². The van der Waals surface area contributed by atoms with E-state index in [2.05, 4.69) is 22.4 Å². The molecule has 1 aromatic carbocycles. The number of hydrogen-bond acceptors (Lipinski definition) is 3. The van der Waals surface area contributed by atoms with Gasteiger partial charge in [0, 0.05) is 11.3 Å². The number of rotatable bonds is 3. The smallest absolute Gasteiger partial charge is 0.318 e. The maximum absolute atomic E-state index is 13.5. The topological polar surface area (TPSA) is 41.5 Å². The number of carbonyl (C=O) groups excluding carboxylic acids is 1. The zero-order valence-corrected chi connectivity index (χ0v) is 10.4. The Morgan fingerprint density at radius 1 is 1.47 bits per heavy atom. The Morgan fingerprint density at radius 3 is 2.63 bits per heavy atom. The molecule has 1 atom stereocenters. The van der Waals surface area contributed by atoms with Crippen LogP contribution in [0.25, 0.3) is 0 Å². The average molecular weight is 292 g/mol. The zero-order chi connectivity index (χ0) is 14.6. The molecule has 3 nitrogen and oxygen atoms in total. The molecule has 0 aliphatic heterocycles. The van der Waals surface area contributed by atoms with Crippen molar-refractivity contribution in [1.29, 1.82) is 0 Å². The van der Waals surface area contributed by atoms with Crippen molar-refractivity contribution >= 4 is 29.0 Å². The van der Waals surface area contributed by atoms with Gasteiger partial charge in [0.05, 0.1) is 11.2 Å². The molecule has 0 saturated heterocycles. The Morgan fingerprint density at radius 2 is 2.11 bits per heavy atom. The van der Waals surface area contributed by atoms with E-state index in [0.29, 0.717) is 0 Å². The standard InChI is InChI=1S/C11H8F4N2OS/c1-6(16-5-19)8-4-7(2-3-9(8)12)17-10(18)11(13,14)15/h2-4,6H,1H3,(H,17,18)/t6-/m1/s1. The molecule has 0 aromatic heterocycles. The number of halogens is 4. The molecule has 0 unspecified atom stereocenters. The van der Waals surface area contributed by atoms with Crippen LogP contribution in [0.15, 0.2) is 23.2 Å². The van der Waals surface area contributed by atoms with Gasteiger partial charge >= 0.3 is 12.1 Å². The molecule has 1 aromatic rings. The molecule has 102 valence electrons. The maximum atomic E-state index is 13.5. The minimum Gasteiger partial charge on any atom is -0.318 e. The van der Waals surface area contributed by atoms with Gasteiger partial charge in [-0.2, -0.15) is 13.2 Å². The van der Waals surface area contributed by atoms with Gasteiger partial charge in [-0.05, 0) is 37.3 Å². The number of anilines is 1. The summed E-state index contributed by atoms with van der Waals surface area (Å²) in [4.78, 5) is 14.4. The van der Waals surface area contributed by atoms with Gasteiger partial charge in [-0.3, -0.25) is 4.79 Å². The van der Waals surface area contributed by atoms with Crippen LogP contribution in [0, 0.1) is 5.82 Å². The van der Waals surface area contributed by atoms with E-state index >= 15 is 0 Å². The van der Waals surface area contributed by atoms with Crippen molar-refractivity contribution in [3.05, 3.63) is 29.6 Å². The van der Waals surface area contributed by atoms with Crippen LogP contribution in [-0.4, -0.2) is 17.2 Å². The SMILES string of the molecule is C[C@@H](N=C=S)c1cc(NC(=O)C(F)(F)F)ccc1F. The number of hydrogen-bond donors (Lipinski definition) is 1. The zero-order valence-electron chi connectivity index (χ0n) is 9.58. The molecule has 1 rings (SSSR count). The molecule has 0 heterocycles. The number of thiocarbonyl (C=S) groups is 1. The summed E-state index contributed by atoms with van der Waals surface area (Å²) >= 11 is 4.37. The summed E-state index contributed by atoms with van der Waals surface area (Å²) in [7, 11) is 0. The van der Waals surface area contributed by atoms with E-state index in [-0.39, 0.29) is 11.3 Å². The van der Waals surface area contributed by atoms with E-state index in [4.69, 9.17) is 0 Å². The molecule has 0 bridgehead atoms. The molecule has 0 aliphatic rings. The van der Waals surface area contributed by atoms with Crippen molar-refractivity contribution in [2.75, 3.05) is 5.32 Å². The molecule has 1 N–H and O–H groups in total. The van der Waals surface area contributed by atoms with Crippen LogP contribution >= 0.6 is 12.2 Å². The fourth-order valence-electron chi connectivity index (χ4n) is 1.29. The number of aliphatic imine (C=N–C) groups is 1. The molecule has 0 radical (unpaired) electrons. The molecule has 19 heavy (non-hydrogen) atoms. The first-order valence-corrected chi connectivity index (χ1v) is 5.41. The van der Waals surface area contributed by atoms with Crippen molar-refractivity contribution in [2.45, 2.75) is 19.1 Å². The molecule has 0 aliphatic carbocycles. The van der Waals surface area contributed by atoms with Crippen molar-refractivity contribution in [3.8, 4) is 0 Å². The molecule has 8 heteroatoms. The lowest BCUT2D eigenvalue weighted by Crippen LogP contribution is -2.29. The van der Waals surface area contributed by atoms with Crippen LogP contribution in [0.1, 0.15) is 18.5 Å². The Kier molecular flexibility index (Phi) is 4.74. The van der Waals surface area contributed by atoms with Gasteiger partial charge in [-0.1, -0.05) is 0 Å². The molecule has 0 saturated carbocycles. The van der Waals surface area contributed by atoms with Crippen molar-refractivity contribution in [1.82, 2.24) is 0 Å². The third-order valence-electron chi connectivity index (χ3n) is 2.21. The second-order valence-corrected chi connectivity index (χ2v) is 3.77. The van der Waals surface area contributed by atoms with Gasteiger partial charge in [-0.25, -0.2) is 9.38 Å². The molecule has 1 amide bonds. The minimum absolute atomic E-state index is 0.0114. The maximum Gasteiger partial charge on any atom is 0.471 e. The van der Waals surface area contributed by atoms with Crippen molar-refractivity contribution in [3.63, 3.8) is 0 Å². The Balaban J connectivity index is 3.03. The van der Waals surface area contributed by atoms with Crippen LogP contribution in [-0.2, 0) is 4.79 Å². The Bertz CT molecular complexity index is 538. The van der Waals surface area contributed by atoms with E-state index in [1.807, 2.05) is 0 Å². The van der Waals surface area contributed by atoms with Crippen molar-refractivity contribution in [2.24, 2.45) is 4.99 Å². The number of nitrogens with one attached hydrogen (secondary N) is 1. The summed E-state index contributed by atoms with van der Waals surface area (Å²) < 4.78 is 49.7. The van der Waals surface area contributed by atoms with Gasteiger partial charge < -0.3 is 5.32 Å². The van der Waals surface area contributed by atoms with E-state index in [1.165, 1.54) is 6.92 Å². The first-order valence-electron chi connectivity index (χ1n) is 5.00. The number of benzene rings is 1. The second-order valence-electron chi connectivity index (χ2n) is 3.58. The van der Waals surface area contributed by atoms with E-state index in [9.17, 15) is 22.4 Å². The van der Waals surface area contributed by atoms with Crippen molar-refractivity contribution < 1.29 is 22.4 Å². The van der Waals surface area contributed by atoms with Crippen LogP contribution in [0.2, 0.25) is 0 Å². The summed E-state index contributed by atoms with van der Waals surface area (Å²) in [5.74, 6) is -2.79. The minimum atomic E-state index is -5.01. The summed E-state index contributed by atoms with van der Waals surface area (Å²) in [5, 5.41) is 3.68. The summed E-state index contributed by atoms with van der Waals surface area (Å²) in [6.07, 6.45) is -5.01. The quantitative estimate of drug-likeness (QED) is 0.526. The number of nitrogens with zero attached hydrogens (tertiary/aromatic N) is 1. The van der Waals surface area contributed by atoms with E-state index in [1.54, 1.807) is 5.32 Å². The fourth-order valence-corrected chi connectivity index (χ4v) is 1.45. The third kappa shape index (κ3) is 4.11. The first-order chi connectivity index (χ1) is 8.75. The van der Waals surface area contributed by atoms with Gasteiger partial charge in [0.2, 0.25) is 0 Å². The van der Waals surface area contributed by atoms with Gasteiger partial charge in [0.25, 0.3) is 0 Å². The molecule has 0 fully saturated rings. The van der Waals surface area contributed by atoms with Gasteiger partial charge in [-0.15, -0.1) is 0 Å². The molecule has 0 spiro atoms. The summed E-state index contributed by atoms with van der Waals surface area (Å²) in [6.45, 7) is 1.49. The number of alkyl halides is 3. The summed E-state index contributed by atoms with van der Waals surface area (Å²) in [6, 6.07) is 2.33. The Labute approximate surface area is 111 Å². The van der Waals surface area contributed by atoms with Crippen LogP contribution in [0.4, 0.5) is 23.2 Å². The van der Waals surface area contributed by atoms with Crippen LogP contribution in [0.5, 0.6) is 0 Å². The lowest BCUT2D eigenvalue weighted by molar-refractivity contribution is -0.167. The van der Waals surface area contributed by atoms with Gasteiger partial charge in [0.15, 0.2) is 0 Å². The number of isothiocyanates is 1. The predicted molar refractivity (Wildman–Crippen MR) is 64.5 cm³/mol. The van der Waals surface area contributed by atoms with E-state index < -0.39 is 23.9 Å². The Hall–Kier alpha value is -1.79. The van der Waals surface area contributed by atoms with Crippen LogP contribution < -0.4 is 5.32 Å². The fraction of sp³-hybridized carbons (Fsp3) is 0.273. The normalized spacial score (nSPS) is 12.5. The average Bonchev–Trinajstić information content (AvgIpc) is 2.30. The monoisotopic (exact) mass is 292 g/mol. The lowest BCUT2D eigenvalue weighted by Gasteiger charge is -2.11. The van der Waals surface area contributed by atoms with Crippen LogP contribution in [0.3, 0.4) is 0 Å². The lowest BCUT2D eigenvalue weighted by atomic mass is 10.1. The highest BCUT2D eigenvalue weighted by Crippen LogP contribution is 2.25. The number of amides is 1. The highest BCUT2D eigenvalue weighted by atomic mass is 32.1. The predicted octanol–water partition coefficient (Wildman–Crippen LogP) is 3.49. The highest BCUT2D eigenvalue weighted by molar-refractivity contribution is 7.78. The second kappa shape index (κ2) is 5.90.